The van der Waals surface area contributed by atoms with Crippen molar-refractivity contribution >= 4 is 18.3 Å². The first kappa shape index (κ1) is 20.7. The Hall–Kier alpha value is -1.26. The van der Waals surface area contributed by atoms with E-state index in [4.69, 9.17) is 4.74 Å². The van der Waals surface area contributed by atoms with Gasteiger partial charge in [-0.1, -0.05) is 39.0 Å². The van der Waals surface area contributed by atoms with E-state index in [1.165, 1.54) is 0 Å². The minimum absolute atomic E-state index is 0. The van der Waals surface area contributed by atoms with Crippen LogP contribution in [0.4, 0.5) is 0 Å². The molecular weight excluding hydrogens is 300 g/mol. The number of halogens is 1. The van der Waals surface area contributed by atoms with Gasteiger partial charge in [0.25, 0.3) is 0 Å². The molecule has 0 aromatic heterocycles. The Labute approximate surface area is 140 Å². The molecule has 0 aliphatic carbocycles. The third-order valence-corrected chi connectivity index (χ3v) is 3.63. The quantitative estimate of drug-likeness (QED) is 0.651. The van der Waals surface area contributed by atoms with E-state index in [1.54, 1.807) is 0 Å². The maximum absolute atomic E-state index is 12.5. The van der Waals surface area contributed by atoms with Crippen molar-refractivity contribution in [2.24, 2.45) is 0 Å². The Kier molecular flexibility index (Phi) is 10.7. The van der Waals surface area contributed by atoms with Crippen LogP contribution in [0.25, 0.3) is 0 Å². The van der Waals surface area contributed by atoms with Crippen LogP contribution in [0.15, 0.2) is 30.3 Å². The van der Waals surface area contributed by atoms with Gasteiger partial charge < -0.3 is 9.64 Å². The van der Waals surface area contributed by atoms with Crippen molar-refractivity contribution in [3.8, 4) is 5.75 Å². The number of hydrogen-bond donors (Lipinski definition) is 0. The summed E-state index contributed by atoms with van der Waals surface area (Å²) in [7, 11) is 0. The molecule has 0 N–H and O–H groups in total. The fourth-order valence-corrected chi connectivity index (χ4v) is 2.29. The SMILES string of the molecule is CCC(Oc1ccccc1)N(CC)C(=O)CN(CC)CC.Cl. The number of amides is 1. The predicted molar refractivity (Wildman–Crippen MR) is 93.6 cm³/mol. The summed E-state index contributed by atoms with van der Waals surface area (Å²) in [5, 5.41) is 0. The van der Waals surface area contributed by atoms with Gasteiger partial charge in [-0.2, -0.15) is 0 Å². The van der Waals surface area contributed by atoms with E-state index in [0.717, 1.165) is 25.3 Å². The van der Waals surface area contributed by atoms with Crippen molar-refractivity contribution in [2.75, 3.05) is 26.2 Å². The summed E-state index contributed by atoms with van der Waals surface area (Å²) >= 11 is 0. The molecule has 0 aliphatic rings. The lowest BCUT2D eigenvalue weighted by Gasteiger charge is -2.32. The first-order chi connectivity index (χ1) is 10.2. The molecule has 1 aromatic rings. The van der Waals surface area contributed by atoms with E-state index < -0.39 is 0 Å². The lowest BCUT2D eigenvalue weighted by molar-refractivity contribution is -0.140. The second-order valence-electron chi connectivity index (χ2n) is 4.93. The second kappa shape index (κ2) is 11.3. The highest BCUT2D eigenvalue weighted by Gasteiger charge is 2.23. The smallest absolute Gasteiger partial charge is 0.239 e. The van der Waals surface area contributed by atoms with Gasteiger partial charge in [0.05, 0.1) is 6.54 Å². The van der Waals surface area contributed by atoms with Gasteiger partial charge in [-0.25, -0.2) is 0 Å². The molecule has 1 rings (SSSR count). The van der Waals surface area contributed by atoms with Crippen molar-refractivity contribution < 1.29 is 9.53 Å². The third-order valence-electron chi connectivity index (χ3n) is 3.63. The number of benzene rings is 1. The van der Waals surface area contributed by atoms with Crippen molar-refractivity contribution in [2.45, 2.75) is 40.3 Å². The van der Waals surface area contributed by atoms with Crippen LogP contribution < -0.4 is 4.74 Å². The molecule has 0 fully saturated rings. The Morgan fingerprint density at radius 2 is 1.64 bits per heavy atom. The Morgan fingerprint density at radius 1 is 1.05 bits per heavy atom. The van der Waals surface area contributed by atoms with Crippen LogP contribution in [0, 0.1) is 0 Å². The number of hydrogen-bond acceptors (Lipinski definition) is 3. The number of rotatable bonds is 9. The number of likely N-dealkylation sites (N-methyl/N-ethyl adjacent to an activating group) is 2. The molecule has 0 radical (unpaired) electrons. The molecule has 4 nitrogen and oxygen atoms in total. The van der Waals surface area contributed by atoms with Crippen LogP contribution in [-0.2, 0) is 4.79 Å². The average molecular weight is 329 g/mol. The molecule has 0 aliphatic heterocycles. The van der Waals surface area contributed by atoms with E-state index >= 15 is 0 Å². The van der Waals surface area contributed by atoms with Gasteiger partial charge in [-0.3, -0.25) is 9.69 Å². The van der Waals surface area contributed by atoms with Gasteiger partial charge in [0.2, 0.25) is 5.91 Å². The van der Waals surface area contributed by atoms with E-state index in [1.807, 2.05) is 49.1 Å². The fraction of sp³-hybridized carbons (Fsp3) is 0.588. The molecule has 0 bridgehead atoms. The van der Waals surface area contributed by atoms with Gasteiger partial charge in [-0.05, 0) is 32.1 Å². The molecule has 0 spiro atoms. The van der Waals surface area contributed by atoms with Crippen molar-refractivity contribution in [3.05, 3.63) is 30.3 Å². The zero-order chi connectivity index (χ0) is 15.7. The van der Waals surface area contributed by atoms with Gasteiger partial charge >= 0.3 is 0 Å². The maximum atomic E-state index is 12.5. The number of carbonyl (C=O) groups excluding carboxylic acids is 1. The van der Waals surface area contributed by atoms with Crippen LogP contribution in [0.3, 0.4) is 0 Å². The molecule has 1 atom stereocenters. The molecule has 22 heavy (non-hydrogen) atoms. The van der Waals surface area contributed by atoms with Gasteiger partial charge in [0.15, 0.2) is 6.23 Å². The first-order valence-corrected chi connectivity index (χ1v) is 7.89. The summed E-state index contributed by atoms with van der Waals surface area (Å²) in [5.74, 6) is 0.933. The standard InChI is InChI=1S/C17H28N2O2.ClH/c1-5-17(21-15-12-10-9-11-13-15)19(8-4)16(20)14-18(6-2)7-3;/h9-13,17H,5-8,14H2,1-4H3;1H. The van der Waals surface area contributed by atoms with E-state index in [2.05, 4.69) is 18.7 Å². The minimum atomic E-state index is -0.208. The van der Waals surface area contributed by atoms with E-state index in [9.17, 15) is 4.79 Å². The summed E-state index contributed by atoms with van der Waals surface area (Å²) in [6.45, 7) is 11.1. The molecule has 126 valence electrons. The van der Waals surface area contributed by atoms with Crippen molar-refractivity contribution in [3.63, 3.8) is 0 Å². The number of ether oxygens (including phenoxy) is 1. The third kappa shape index (κ3) is 6.24. The molecular formula is C17H29ClN2O2. The molecule has 1 amide bonds. The maximum Gasteiger partial charge on any atom is 0.239 e. The first-order valence-electron chi connectivity index (χ1n) is 7.89. The summed E-state index contributed by atoms with van der Waals surface area (Å²) in [6.07, 6.45) is 0.563. The Balaban J connectivity index is 0.00000441. The van der Waals surface area contributed by atoms with Crippen molar-refractivity contribution in [1.82, 2.24) is 9.80 Å². The minimum Gasteiger partial charge on any atom is -0.470 e. The van der Waals surface area contributed by atoms with E-state index in [0.29, 0.717) is 13.1 Å². The molecule has 0 saturated heterocycles. The zero-order valence-corrected chi connectivity index (χ0v) is 14.9. The summed E-state index contributed by atoms with van der Waals surface area (Å²) < 4.78 is 5.97. The number of nitrogens with zero attached hydrogens (tertiary/aromatic N) is 2. The molecule has 1 unspecified atom stereocenters. The van der Waals surface area contributed by atoms with Crippen molar-refractivity contribution in [1.29, 1.82) is 0 Å². The highest BCUT2D eigenvalue weighted by molar-refractivity contribution is 5.85. The summed E-state index contributed by atoms with van der Waals surface area (Å²) in [4.78, 5) is 16.4. The van der Waals surface area contributed by atoms with Crippen LogP contribution >= 0.6 is 12.4 Å². The van der Waals surface area contributed by atoms with Gasteiger partial charge in [0, 0.05) is 13.0 Å². The summed E-state index contributed by atoms with van der Waals surface area (Å²) in [6, 6.07) is 9.68. The van der Waals surface area contributed by atoms with Crippen LogP contribution in [0.1, 0.15) is 34.1 Å². The molecule has 5 heteroatoms. The topological polar surface area (TPSA) is 32.8 Å². The fourth-order valence-electron chi connectivity index (χ4n) is 2.29. The highest BCUT2D eigenvalue weighted by Crippen LogP contribution is 2.15. The largest absolute Gasteiger partial charge is 0.470 e. The van der Waals surface area contributed by atoms with Crippen LogP contribution in [0.5, 0.6) is 5.75 Å². The Morgan fingerprint density at radius 3 is 2.09 bits per heavy atom. The number of carbonyl (C=O) groups is 1. The predicted octanol–water partition coefficient (Wildman–Crippen LogP) is 3.41. The average Bonchev–Trinajstić information content (AvgIpc) is 2.53. The highest BCUT2D eigenvalue weighted by atomic mass is 35.5. The van der Waals surface area contributed by atoms with Gasteiger partial charge in [0.1, 0.15) is 5.75 Å². The van der Waals surface area contributed by atoms with Crippen LogP contribution in [0.2, 0.25) is 0 Å². The normalized spacial score (nSPS) is 11.7. The molecule has 0 saturated carbocycles. The zero-order valence-electron chi connectivity index (χ0n) is 14.1. The summed E-state index contributed by atoms with van der Waals surface area (Å²) in [5.41, 5.74) is 0. The Bertz CT molecular complexity index is 410. The van der Waals surface area contributed by atoms with Gasteiger partial charge in [-0.15, -0.1) is 12.4 Å². The second-order valence-corrected chi connectivity index (χ2v) is 4.93. The molecule has 0 heterocycles. The lowest BCUT2D eigenvalue weighted by atomic mass is 10.3. The lowest BCUT2D eigenvalue weighted by Crippen LogP contribution is -2.47. The monoisotopic (exact) mass is 328 g/mol. The van der Waals surface area contributed by atoms with E-state index in [-0.39, 0.29) is 24.5 Å². The van der Waals surface area contributed by atoms with Crippen LogP contribution in [-0.4, -0.2) is 48.1 Å². The molecule has 1 aromatic carbocycles. The number of para-hydroxylation sites is 1.